The highest BCUT2D eigenvalue weighted by atomic mass is 16.5. The van der Waals surface area contributed by atoms with E-state index in [1.54, 1.807) is 0 Å². The minimum atomic E-state index is -0.853. The fraction of sp³-hybridized carbons (Fsp3) is 0.565. The van der Waals surface area contributed by atoms with Gasteiger partial charge in [0.2, 0.25) is 0 Å². The number of hydrogen-bond acceptors (Lipinski definition) is 9. The van der Waals surface area contributed by atoms with Crippen molar-refractivity contribution in [3.8, 4) is 11.5 Å². The van der Waals surface area contributed by atoms with E-state index >= 15 is 0 Å². The Balaban J connectivity index is 0.000000461. The first-order valence-electron chi connectivity index (χ1n) is 10.8. The van der Waals surface area contributed by atoms with Gasteiger partial charge in [0, 0.05) is 30.6 Å². The second-order valence-electron chi connectivity index (χ2n) is 7.37. The Labute approximate surface area is 194 Å². The third-order valence-corrected chi connectivity index (χ3v) is 4.93. The summed E-state index contributed by atoms with van der Waals surface area (Å²) in [5.74, 6) is -0.973. The average Bonchev–Trinajstić information content (AvgIpc) is 3.18. The molecule has 33 heavy (non-hydrogen) atoms. The van der Waals surface area contributed by atoms with Crippen LogP contribution in [0.3, 0.4) is 0 Å². The summed E-state index contributed by atoms with van der Waals surface area (Å²) in [4.78, 5) is 22.4. The third-order valence-electron chi connectivity index (χ3n) is 4.93. The summed E-state index contributed by atoms with van der Waals surface area (Å²) in [6.45, 7) is 7.35. The first-order chi connectivity index (χ1) is 15.8. The van der Waals surface area contributed by atoms with Crippen molar-refractivity contribution in [2.24, 2.45) is 11.5 Å². The number of carbonyl (C=O) groups excluding carboxylic acids is 1. The van der Waals surface area contributed by atoms with Crippen LogP contribution < -0.4 is 16.2 Å². The number of carboxylic acids is 1. The number of cyclic esters (lactones) is 1. The van der Waals surface area contributed by atoms with Crippen LogP contribution in [-0.2, 0) is 32.0 Å². The van der Waals surface area contributed by atoms with Gasteiger partial charge in [-0.15, -0.1) is 0 Å². The number of fused-ring (bicyclic) bond motifs is 1. The molecule has 10 nitrogen and oxygen atoms in total. The predicted molar refractivity (Wildman–Crippen MR) is 123 cm³/mol. The molecule has 2 rings (SSSR count). The summed E-state index contributed by atoms with van der Waals surface area (Å²) < 4.78 is 20.5. The number of benzene rings is 1. The first kappa shape index (κ1) is 28.4. The van der Waals surface area contributed by atoms with Crippen LogP contribution in [0.1, 0.15) is 46.8 Å². The van der Waals surface area contributed by atoms with Crippen LogP contribution in [0.15, 0.2) is 11.6 Å². The number of aromatic hydroxyl groups is 1. The molecule has 186 valence electrons. The van der Waals surface area contributed by atoms with Crippen molar-refractivity contribution in [2.75, 3.05) is 46.6 Å². The molecule has 0 saturated heterocycles. The van der Waals surface area contributed by atoms with E-state index in [-0.39, 0.29) is 24.3 Å². The lowest BCUT2D eigenvalue weighted by atomic mass is 9.94. The zero-order valence-corrected chi connectivity index (χ0v) is 19.6. The summed E-state index contributed by atoms with van der Waals surface area (Å²) in [6.07, 6.45) is 2.68. The minimum Gasteiger partial charge on any atom is -0.507 e. The molecule has 0 bridgehead atoms. The number of allylic oxidation sites excluding steroid dienone is 2. The van der Waals surface area contributed by atoms with Gasteiger partial charge < -0.3 is 40.6 Å². The maximum Gasteiger partial charge on any atom is 0.342 e. The fourth-order valence-corrected chi connectivity index (χ4v) is 3.20. The number of carbonyl (C=O) groups is 2. The molecule has 10 heteroatoms. The van der Waals surface area contributed by atoms with E-state index in [0.29, 0.717) is 69.2 Å². The zero-order valence-electron chi connectivity index (χ0n) is 19.6. The molecule has 0 aliphatic carbocycles. The van der Waals surface area contributed by atoms with Gasteiger partial charge in [-0.25, -0.2) is 4.79 Å². The maximum absolute atomic E-state index is 11.8. The number of methoxy groups -OCH3 is 1. The van der Waals surface area contributed by atoms with Gasteiger partial charge >= 0.3 is 11.9 Å². The highest BCUT2D eigenvalue weighted by Crippen LogP contribution is 2.42. The Morgan fingerprint density at radius 2 is 1.73 bits per heavy atom. The van der Waals surface area contributed by atoms with Crippen LogP contribution in [0.2, 0.25) is 0 Å². The molecule has 1 aromatic rings. The highest BCUT2D eigenvalue weighted by molar-refractivity contribution is 5.98. The Hall–Kier alpha value is -2.66. The number of ether oxygens (including phenoxy) is 4. The summed E-state index contributed by atoms with van der Waals surface area (Å²) in [6, 6.07) is 0. The largest absolute Gasteiger partial charge is 0.507 e. The van der Waals surface area contributed by atoms with E-state index in [9.17, 15) is 14.7 Å². The van der Waals surface area contributed by atoms with E-state index < -0.39 is 11.9 Å². The molecule has 0 atom stereocenters. The molecule has 1 aromatic carbocycles. The molecule has 1 aliphatic rings. The smallest absolute Gasteiger partial charge is 0.342 e. The maximum atomic E-state index is 11.8. The Kier molecular flexibility index (Phi) is 13.1. The molecule has 0 saturated carbocycles. The summed E-state index contributed by atoms with van der Waals surface area (Å²) >= 11 is 0. The van der Waals surface area contributed by atoms with Crippen LogP contribution in [0.4, 0.5) is 0 Å². The van der Waals surface area contributed by atoms with E-state index in [2.05, 4.69) is 0 Å². The second kappa shape index (κ2) is 15.2. The van der Waals surface area contributed by atoms with Gasteiger partial charge in [-0.2, -0.15) is 0 Å². The van der Waals surface area contributed by atoms with Crippen LogP contribution in [0.25, 0.3) is 0 Å². The topological polar surface area (TPSA) is 164 Å². The standard InChI is InChI=1S/C17H20O6.C6H16N2O2/c1-9(5-7-13(18)19)4-6-11-15(20)14-12(8-23-17(14)21)10(2)16(11)22-3;7-1-3-9-5-6-10-4-2-8/h4,20H,5-8H2,1-3H3,(H,18,19);1-8H2/b9-4+;. The highest BCUT2D eigenvalue weighted by Gasteiger charge is 2.31. The number of phenols is 1. The third kappa shape index (κ3) is 9.01. The van der Waals surface area contributed by atoms with Crippen molar-refractivity contribution in [1.29, 1.82) is 0 Å². The predicted octanol–water partition coefficient (Wildman–Crippen LogP) is 1.67. The van der Waals surface area contributed by atoms with Gasteiger partial charge in [-0.3, -0.25) is 4.79 Å². The van der Waals surface area contributed by atoms with Crippen LogP contribution in [0.5, 0.6) is 11.5 Å². The SMILES string of the molecule is COc1c(C)c2c(c(O)c1C/C=C(\C)CCC(=O)O)C(=O)OC2.NCCOCCOCCN. The number of hydrogen-bond donors (Lipinski definition) is 4. The van der Waals surface area contributed by atoms with Crippen molar-refractivity contribution in [1.82, 2.24) is 0 Å². The number of phenolic OH excluding ortho intramolecular Hbond substituents is 1. The lowest BCUT2D eigenvalue weighted by Gasteiger charge is -2.15. The molecule has 0 amide bonds. The molecular weight excluding hydrogens is 432 g/mol. The molecule has 0 spiro atoms. The Morgan fingerprint density at radius 3 is 2.24 bits per heavy atom. The number of rotatable bonds is 13. The molecule has 1 heterocycles. The molecule has 0 aromatic heterocycles. The minimum absolute atomic E-state index is 0.0565. The summed E-state index contributed by atoms with van der Waals surface area (Å²) in [7, 11) is 1.51. The second-order valence-corrected chi connectivity index (χ2v) is 7.37. The first-order valence-corrected chi connectivity index (χ1v) is 10.8. The zero-order chi connectivity index (χ0) is 24.8. The molecule has 0 unspecified atom stereocenters. The number of aliphatic carboxylic acids is 1. The quantitative estimate of drug-likeness (QED) is 0.190. The van der Waals surface area contributed by atoms with Crippen LogP contribution in [0, 0.1) is 6.92 Å². The van der Waals surface area contributed by atoms with E-state index in [0.717, 1.165) is 11.1 Å². The average molecular weight is 469 g/mol. The van der Waals surface area contributed by atoms with Crippen molar-refractivity contribution < 1.29 is 38.7 Å². The lowest BCUT2D eigenvalue weighted by Crippen LogP contribution is -2.14. The van der Waals surface area contributed by atoms with Gasteiger partial charge in [-0.1, -0.05) is 11.6 Å². The molecule has 1 aliphatic heterocycles. The molecular formula is C23H36N2O8. The van der Waals surface area contributed by atoms with Crippen molar-refractivity contribution in [3.05, 3.63) is 33.9 Å². The molecule has 0 fully saturated rings. The number of esters is 1. The van der Waals surface area contributed by atoms with Crippen molar-refractivity contribution in [3.63, 3.8) is 0 Å². The molecule has 6 N–H and O–H groups in total. The summed E-state index contributed by atoms with van der Waals surface area (Å²) in [5.41, 5.74) is 13.4. The van der Waals surface area contributed by atoms with Gasteiger partial charge in [0.1, 0.15) is 23.7 Å². The normalized spacial score (nSPS) is 12.6. The fourth-order valence-electron chi connectivity index (χ4n) is 3.20. The number of carboxylic acid groups (broad SMARTS) is 1. The number of nitrogens with two attached hydrogens (primary N) is 2. The van der Waals surface area contributed by atoms with Gasteiger partial charge in [-0.05, 0) is 32.3 Å². The van der Waals surface area contributed by atoms with Gasteiger partial charge in [0.05, 0.1) is 33.5 Å². The van der Waals surface area contributed by atoms with E-state index in [1.807, 2.05) is 19.9 Å². The van der Waals surface area contributed by atoms with E-state index in [1.165, 1.54) is 7.11 Å². The van der Waals surface area contributed by atoms with Gasteiger partial charge in [0.25, 0.3) is 0 Å². The van der Waals surface area contributed by atoms with Crippen LogP contribution in [-0.4, -0.2) is 68.8 Å². The van der Waals surface area contributed by atoms with Crippen molar-refractivity contribution in [2.45, 2.75) is 39.7 Å². The van der Waals surface area contributed by atoms with Crippen molar-refractivity contribution >= 4 is 11.9 Å². The summed E-state index contributed by atoms with van der Waals surface area (Å²) in [5, 5.41) is 19.1. The van der Waals surface area contributed by atoms with Crippen LogP contribution >= 0.6 is 0 Å². The van der Waals surface area contributed by atoms with Gasteiger partial charge in [0.15, 0.2) is 0 Å². The monoisotopic (exact) mass is 468 g/mol. The molecule has 0 radical (unpaired) electrons. The Morgan fingerprint density at radius 1 is 1.12 bits per heavy atom. The Bertz CT molecular complexity index is 815. The lowest BCUT2D eigenvalue weighted by molar-refractivity contribution is -0.136. The van der Waals surface area contributed by atoms with E-state index in [4.69, 9.17) is 35.5 Å².